The summed E-state index contributed by atoms with van der Waals surface area (Å²) in [6.45, 7) is 1.14. The second-order valence-electron chi connectivity index (χ2n) is 5.66. The van der Waals surface area contributed by atoms with Gasteiger partial charge < -0.3 is 10.0 Å². The van der Waals surface area contributed by atoms with E-state index in [-0.39, 0.29) is 6.61 Å². The summed E-state index contributed by atoms with van der Waals surface area (Å²) >= 11 is 3.54. The van der Waals surface area contributed by atoms with Crippen molar-refractivity contribution in [1.82, 2.24) is 4.98 Å². The smallest absolute Gasteiger partial charge is 0.136 e. The van der Waals surface area contributed by atoms with E-state index < -0.39 is 0 Å². The van der Waals surface area contributed by atoms with Crippen LogP contribution in [0.25, 0.3) is 10.8 Å². The zero-order valence-electron chi connectivity index (χ0n) is 12.3. The van der Waals surface area contributed by atoms with Gasteiger partial charge >= 0.3 is 0 Å². The van der Waals surface area contributed by atoms with Gasteiger partial charge in [-0.2, -0.15) is 5.26 Å². The maximum Gasteiger partial charge on any atom is 0.136 e. The number of aliphatic hydroxyl groups excluding tert-OH is 1. The molecule has 1 aromatic heterocycles. The molecule has 0 radical (unpaired) electrons. The molecule has 114 valence electrons. The molecule has 0 spiro atoms. The fourth-order valence-corrected chi connectivity index (χ4v) is 3.67. The molecule has 1 atom stereocenters. The average molecular weight is 360 g/mol. The molecular formula is C17H18BrN3O. The number of fused-ring (bicyclic) bond motifs is 1. The summed E-state index contributed by atoms with van der Waals surface area (Å²) in [7, 11) is 0. The van der Waals surface area contributed by atoms with E-state index in [2.05, 4.69) is 31.9 Å². The van der Waals surface area contributed by atoms with Crippen LogP contribution in [-0.4, -0.2) is 29.3 Å². The third kappa shape index (κ3) is 2.81. The lowest BCUT2D eigenvalue weighted by Gasteiger charge is -2.37. The van der Waals surface area contributed by atoms with Crippen LogP contribution in [0.15, 0.2) is 28.9 Å². The Kier molecular flexibility index (Phi) is 4.60. The van der Waals surface area contributed by atoms with Crippen LogP contribution in [0.3, 0.4) is 0 Å². The van der Waals surface area contributed by atoms with E-state index in [1.165, 1.54) is 6.42 Å². The Bertz CT molecular complexity index is 724. The van der Waals surface area contributed by atoms with Gasteiger partial charge in [0.2, 0.25) is 0 Å². The van der Waals surface area contributed by atoms with E-state index in [0.717, 1.165) is 46.9 Å². The number of pyridine rings is 1. The highest BCUT2D eigenvalue weighted by molar-refractivity contribution is 9.10. The van der Waals surface area contributed by atoms with Gasteiger partial charge in [0.25, 0.3) is 0 Å². The van der Waals surface area contributed by atoms with Gasteiger partial charge in [-0.1, -0.05) is 6.07 Å². The average Bonchev–Trinajstić information content (AvgIpc) is 2.56. The maximum atomic E-state index is 9.33. The number of nitrogens with zero attached hydrogens (tertiary/aromatic N) is 3. The zero-order chi connectivity index (χ0) is 15.5. The minimum absolute atomic E-state index is 0.194. The van der Waals surface area contributed by atoms with Crippen LogP contribution in [0.4, 0.5) is 5.82 Å². The molecule has 0 bridgehead atoms. The van der Waals surface area contributed by atoms with Crippen molar-refractivity contribution in [2.24, 2.45) is 0 Å². The molecule has 0 aliphatic carbocycles. The van der Waals surface area contributed by atoms with Gasteiger partial charge in [0.1, 0.15) is 5.82 Å². The maximum absolute atomic E-state index is 9.33. The van der Waals surface area contributed by atoms with Crippen LogP contribution in [0.5, 0.6) is 0 Å². The number of piperidine rings is 1. The summed E-state index contributed by atoms with van der Waals surface area (Å²) in [5, 5.41) is 20.6. The number of hydrogen-bond acceptors (Lipinski definition) is 4. The minimum Gasteiger partial charge on any atom is -0.396 e. The fraction of sp³-hybridized carbons (Fsp3) is 0.412. The van der Waals surface area contributed by atoms with Crippen LogP contribution < -0.4 is 4.90 Å². The summed E-state index contributed by atoms with van der Waals surface area (Å²) in [5.41, 5.74) is 0.643. The molecule has 2 heterocycles. The van der Waals surface area contributed by atoms with Crippen LogP contribution in [0.2, 0.25) is 0 Å². The highest BCUT2D eigenvalue weighted by Crippen LogP contribution is 2.34. The Morgan fingerprint density at radius 1 is 1.36 bits per heavy atom. The van der Waals surface area contributed by atoms with Crippen molar-refractivity contribution in [1.29, 1.82) is 5.26 Å². The van der Waals surface area contributed by atoms with Crippen molar-refractivity contribution in [2.45, 2.75) is 31.7 Å². The number of hydrogen-bond donors (Lipinski definition) is 1. The van der Waals surface area contributed by atoms with Crippen LogP contribution in [-0.2, 0) is 0 Å². The van der Waals surface area contributed by atoms with E-state index in [4.69, 9.17) is 0 Å². The van der Waals surface area contributed by atoms with Crippen LogP contribution in [0, 0.1) is 11.3 Å². The lowest BCUT2D eigenvalue weighted by Crippen LogP contribution is -2.40. The summed E-state index contributed by atoms with van der Waals surface area (Å²) in [6, 6.07) is 8.23. The lowest BCUT2D eigenvalue weighted by atomic mass is 9.98. The monoisotopic (exact) mass is 359 g/mol. The Hall–Kier alpha value is -1.64. The Morgan fingerprint density at radius 2 is 2.23 bits per heavy atom. The predicted molar refractivity (Wildman–Crippen MR) is 90.8 cm³/mol. The van der Waals surface area contributed by atoms with Crippen molar-refractivity contribution in [3.63, 3.8) is 0 Å². The van der Waals surface area contributed by atoms with E-state index >= 15 is 0 Å². The van der Waals surface area contributed by atoms with Gasteiger partial charge in [-0.25, -0.2) is 4.98 Å². The van der Waals surface area contributed by atoms with E-state index in [1.54, 1.807) is 0 Å². The molecule has 1 aliphatic rings. The first-order chi connectivity index (χ1) is 10.7. The Labute approximate surface area is 138 Å². The van der Waals surface area contributed by atoms with Crippen molar-refractivity contribution in [3.05, 3.63) is 34.4 Å². The lowest BCUT2D eigenvalue weighted by molar-refractivity contribution is 0.262. The SMILES string of the molecule is N#Cc1ccc2c(Br)cnc(N3CCCCC3CCO)c2c1. The summed E-state index contributed by atoms with van der Waals surface area (Å²) in [6.07, 6.45) is 6.00. The third-order valence-electron chi connectivity index (χ3n) is 4.31. The molecule has 1 aliphatic heterocycles. The first-order valence-corrected chi connectivity index (χ1v) is 8.39. The number of halogens is 1. The molecule has 1 N–H and O–H groups in total. The predicted octanol–water partition coefficient (Wildman–Crippen LogP) is 3.61. The molecular weight excluding hydrogens is 342 g/mol. The number of anilines is 1. The minimum atomic E-state index is 0.194. The molecule has 2 aromatic rings. The van der Waals surface area contributed by atoms with Gasteiger partial charge in [-0.3, -0.25) is 0 Å². The number of aliphatic hydroxyl groups is 1. The molecule has 4 nitrogen and oxygen atoms in total. The molecule has 1 aromatic carbocycles. The Balaban J connectivity index is 2.12. The zero-order valence-corrected chi connectivity index (χ0v) is 13.9. The van der Waals surface area contributed by atoms with E-state index in [9.17, 15) is 10.4 Å². The van der Waals surface area contributed by atoms with Gasteiger partial charge in [0.15, 0.2) is 0 Å². The molecule has 3 rings (SSSR count). The summed E-state index contributed by atoms with van der Waals surface area (Å²) in [4.78, 5) is 6.93. The Morgan fingerprint density at radius 3 is 3.00 bits per heavy atom. The van der Waals surface area contributed by atoms with E-state index in [0.29, 0.717) is 11.6 Å². The first kappa shape index (κ1) is 15.3. The highest BCUT2D eigenvalue weighted by Gasteiger charge is 2.25. The molecule has 5 heteroatoms. The summed E-state index contributed by atoms with van der Waals surface area (Å²) < 4.78 is 0.937. The number of nitriles is 1. The largest absolute Gasteiger partial charge is 0.396 e. The highest BCUT2D eigenvalue weighted by atomic mass is 79.9. The standard InChI is InChI=1S/C17H18BrN3O/c18-16-11-20-17(15-9-12(10-19)4-5-14(15)16)21-7-2-1-3-13(21)6-8-22/h4-5,9,11,13,22H,1-3,6-8H2. The third-order valence-corrected chi connectivity index (χ3v) is 4.94. The van der Waals surface area contributed by atoms with Gasteiger partial charge in [-0.05, 0) is 53.7 Å². The normalized spacial score (nSPS) is 18.4. The topological polar surface area (TPSA) is 60.2 Å². The van der Waals surface area contributed by atoms with Gasteiger partial charge in [0, 0.05) is 40.6 Å². The number of benzene rings is 1. The molecule has 1 fully saturated rings. The molecule has 22 heavy (non-hydrogen) atoms. The van der Waals surface area contributed by atoms with Crippen molar-refractivity contribution >= 4 is 32.5 Å². The quantitative estimate of drug-likeness (QED) is 0.909. The molecule has 0 saturated carbocycles. The molecule has 1 unspecified atom stereocenters. The second-order valence-corrected chi connectivity index (χ2v) is 6.51. The number of rotatable bonds is 3. The van der Waals surface area contributed by atoms with Gasteiger partial charge in [0.05, 0.1) is 11.6 Å². The van der Waals surface area contributed by atoms with E-state index in [1.807, 2.05) is 24.4 Å². The van der Waals surface area contributed by atoms with Crippen molar-refractivity contribution < 1.29 is 5.11 Å². The van der Waals surface area contributed by atoms with Crippen LogP contribution in [0.1, 0.15) is 31.2 Å². The molecule has 1 saturated heterocycles. The van der Waals surface area contributed by atoms with Gasteiger partial charge in [-0.15, -0.1) is 0 Å². The summed E-state index contributed by atoms with van der Waals surface area (Å²) in [5.74, 6) is 0.924. The van der Waals surface area contributed by atoms with Crippen LogP contribution >= 0.6 is 15.9 Å². The number of aromatic nitrogens is 1. The van der Waals surface area contributed by atoms with Crippen molar-refractivity contribution in [3.8, 4) is 6.07 Å². The molecule has 0 amide bonds. The van der Waals surface area contributed by atoms with Crippen molar-refractivity contribution in [2.75, 3.05) is 18.1 Å². The second kappa shape index (κ2) is 6.64. The first-order valence-electron chi connectivity index (χ1n) is 7.60. The fourth-order valence-electron chi connectivity index (χ4n) is 3.22.